The van der Waals surface area contributed by atoms with Crippen molar-refractivity contribution in [3.8, 4) is 22.6 Å². The molecule has 0 atom stereocenters. The molecule has 0 aliphatic carbocycles. The lowest BCUT2D eigenvalue weighted by Crippen LogP contribution is -2.24. The Morgan fingerprint density at radius 1 is 0.844 bits per heavy atom. The van der Waals surface area contributed by atoms with Crippen LogP contribution in [-0.4, -0.2) is 23.6 Å². The average Bonchev–Trinajstić information content (AvgIpc) is 2.71. The monoisotopic (exact) mass is 456 g/mol. The van der Waals surface area contributed by atoms with E-state index in [0.717, 1.165) is 18.2 Å². The minimum absolute atomic E-state index is 0.0545. The van der Waals surface area contributed by atoms with Crippen LogP contribution in [0.15, 0.2) is 67.0 Å². The summed E-state index contributed by atoms with van der Waals surface area (Å²) in [6.07, 6.45) is -7.18. The van der Waals surface area contributed by atoms with Gasteiger partial charge in [-0.1, -0.05) is 30.3 Å². The van der Waals surface area contributed by atoms with Crippen molar-refractivity contribution in [2.24, 2.45) is 0 Å². The van der Waals surface area contributed by atoms with E-state index in [4.69, 9.17) is 0 Å². The minimum Gasteiger partial charge on any atom is -0.406 e. The number of alkyl halides is 6. The summed E-state index contributed by atoms with van der Waals surface area (Å²) in [6, 6.07) is 11.8. The smallest absolute Gasteiger partial charge is 0.406 e. The average molecular weight is 456 g/mol. The Morgan fingerprint density at radius 3 is 2.28 bits per heavy atom. The molecule has 0 fully saturated rings. The van der Waals surface area contributed by atoms with Crippen LogP contribution in [0.25, 0.3) is 11.1 Å². The topological polar surface area (TPSA) is 60.5 Å². The number of halogens is 6. The summed E-state index contributed by atoms with van der Waals surface area (Å²) in [4.78, 5) is 16.4. The number of hydrogen-bond donors (Lipinski definition) is 1. The molecular formula is C21H14F6N2O3. The van der Waals surface area contributed by atoms with Gasteiger partial charge in [0.15, 0.2) is 0 Å². The van der Waals surface area contributed by atoms with Gasteiger partial charge < -0.3 is 14.8 Å². The number of benzene rings is 2. The lowest BCUT2D eigenvalue weighted by atomic mass is 10.1. The molecule has 3 rings (SSSR count). The van der Waals surface area contributed by atoms with Gasteiger partial charge in [0, 0.05) is 30.1 Å². The zero-order chi connectivity index (χ0) is 23.4. The summed E-state index contributed by atoms with van der Waals surface area (Å²) < 4.78 is 82.7. The third kappa shape index (κ3) is 6.62. The van der Waals surface area contributed by atoms with Crippen molar-refractivity contribution in [1.29, 1.82) is 0 Å². The highest BCUT2D eigenvalue weighted by Gasteiger charge is 2.32. The van der Waals surface area contributed by atoms with Crippen molar-refractivity contribution >= 4 is 5.91 Å². The number of pyridine rings is 1. The minimum atomic E-state index is -4.89. The highest BCUT2D eigenvalue weighted by molar-refractivity contribution is 5.95. The first kappa shape index (κ1) is 22.9. The fourth-order valence-corrected chi connectivity index (χ4v) is 2.75. The van der Waals surface area contributed by atoms with Gasteiger partial charge in [0.1, 0.15) is 11.5 Å². The van der Waals surface area contributed by atoms with Gasteiger partial charge in [-0.3, -0.25) is 9.78 Å². The first-order valence-corrected chi connectivity index (χ1v) is 8.93. The summed E-state index contributed by atoms with van der Waals surface area (Å²) in [6.45, 7) is -0.260. The highest BCUT2D eigenvalue weighted by atomic mass is 19.4. The predicted molar refractivity (Wildman–Crippen MR) is 101 cm³/mol. The maximum absolute atomic E-state index is 12.5. The molecule has 1 N–H and O–H groups in total. The van der Waals surface area contributed by atoms with Crippen LogP contribution in [0.5, 0.6) is 11.5 Å². The SMILES string of the molecule is O=C(NCc1ccccc1OC(F)(F)F)c1cncc(-c2cccc(OC(F)(F)F)c2)c1. The van der Waals surface area contributed by atoms with Crippen LogP contribution in [-0.2, 0) is 6.54 Å². The van der Waals surface area contributed by atoms with Crippen molar-refractivity contribution in [1.82, 2.24) is 10.3 Å². The van der Waals surface area contributed by atoms with Gasteiger partial charge in [-0.2, -0.15) is 0 Å². The number of para-hydroxylation sites is 1. The zero-order valence-corrected chi connectivity index (χ0v) is 16.0. The van der Waals surface area contributed by atoms with Crippen molar-refractivity contribution in [2.75, 3.05) is 0 Å². The normalized spacial score (nSPS) is 11.7. The number of rotatable bonds is 6. The largest absolute Gasteiger partial charge is 0.573 e. The first-order chi connectivity index (χ1) is 15.0. The zero-order valence-electron chi connectivity index (χ0n) is 16.0. The van der Waals surface area contributed by atoms with E-state index in [1.165, 1.54) is 48.8 Å². The third-order valence-corrected chi connectivity index (χ3v) is 4.04. The number of hydrogen-bond acceptors (Lipinski definition) is 4. The van der Waals surface area contributed by atoms with Gasteiger partial charge in [-0.25, -0.2) is 0 Å². The number of ether oxygens (including phenoxy) is 2. The molecule has 1 amide bonds. The van der Waals surface area contributed by atoms with E-state index in [0.29, 0.717) is 11.1 Å². The van der Waals surface area contributed by atoms with Gasteiger partial charge in [0.05, 0.1) is 5.56 Å². The van der Waals surface area contributed by atoms with Crippen molar-refractivity contribution < 1.29 is 40.6 Å². The number of amides is 1. The Bertz CT molecular complexity index is 1100. The molecule has 1 heterocycles. The lowest BCUT2D eigenvalue weighted by molar-refractivity contribution is -0.275. The molecule has 168 valence electrons. The molecule has 0 saturated heterocycles. The fourth-order valence-electron chi connectivity index (χ4n) is 2.75. The molecule has 3 aromatic rings. The molecule has 5 nitrogen and oxygen atoms in total. The second-order valence-corrected chi connectivity index (χ2v) is 6.38. The quantitative estimate of drug-likeness (QED) is 0.500. The molecule has 0 bridgehead atoms. The Kier molecular flexibility index (Phi) is 6.56. The van der Waals surface area contributed by atoms with Gasteiger partial charge in [-0.15, -0.1) is 26.3 Å². The van der Waals surface area contributed by atoms with Gasteiger partial charge >= 0.3 is 12.7 Å². The van der Waals surface area contributed by atoms with E-state index in [2.05, 4.69) is 19.8 Å². The predicted octanol–water partition coefficient (Wildman–Crippen LogP) is 5.48. The van der Waals surface area contributed by atoms with E-state index in [1.54, 1.807) is 0 Å². The van der Waals surface area contributed by atoms with Crippen molar-refractivity contribution in [3.05, 3.63) is 78.1 Å². The lowest BCUT2D eigenvalue weighted by Gasteiger charge is -2.14. The van der Waals surface area contributed by atoms with Crippen LogP contribution >= 0.6 is 0 Å². The third-order valence-electron chi connectivity index (χ3n) is 4.04. The Balaban J connectivity index is 1.74. The number of nitrogens with one attached hydrogen (secondary N) is 1. The molecular weight excluding hydrogens is 442 g/mol. The number of carbonyl (C=O) groups is 1. The number of carbonyl (C=O) groups excluding carboxylic acids is 1. The fraction of sp³-hybridized carbons (Fsp3) is 0.143. The van der Waals surface area contributed by atoms with Crippen molar-refractivity contribution in [3.63, 3.8) is 0 Å². The van der Waals surface area contributed by atoms with Crippen LogP contribution < -0.4 is 14.8 Å². The Hall–Kier alpha value is -3.76. The van der Waals surface area contributed by atoms with E-state index in [9.17, 15) is 31.1 Å². The second kappa shape index (κ2) is 9.16. The Morgan fingerprint density at radius 2 is 1.56 bits per heavy atom. The molecule has 11 heteroatoms. The molecule has 2 aromatic carbocycles. The maximum atomic E-state index is 12.5. The van der Waals surface area contributed by atoms with Crippen LogP contribution in [0.1, 0.15) is 15.9 Å². The van der Waals surface area contributed by atoms with Gasteiger partial charge in [0.25, 0.3) is 5.91 Å². The van der Waals surface area contributed by atoms with Gasteiger partial charge in [0.2, 0.25) is 0 Å². The highest BCUT2D eigenvalue weighted by Crippen LogP contribution is 2.28. The van der Waals surface area contributed by atoms with E-state index < -0.39 is 30.1 Å². The van der Waals surface area contributed by atoms with Crippen LogP contribution in [0.2, 0.25) is 0 Å². The first-order valence-electron chi connectivity index (χ1n) is 8.93. The molecule has 0 aliphatic heterocycles. The number of nitrogens with zero attached hydrogens (tertiary/aromatic N) is 1. The molecule has 0 unspecified atom stereocenters. The molecule has 0 saturated carbocycles. The second-order valence-electron chi connectivity index (χ2n) is 6.38. The molecule has 1 aromatic heterocycles. The van der Waals surface area contributed by atoms with E-state index in [1.807, 2.05) is 0 Å². The van der Waals surface area contributed by atoms with Gasteiger partial charge in [-0.05, 0) is 29.8 Å². The standard InChI is InChI=1S/C21H14F6N2O3/c22-20(23,24)31-17-6-3-5-13(9-17)15-8-16(11-28-10-15)19(30)29-12-14-4-1-2-7-18(14)32-21(25,26)27/h1-11H,12H2,(H,29,30). The summed E-state index contributed by atoms with van der Waals surface area (Å²) >= 11 is 0. The summed E-state index contributed by atoms with van der Waals surface area (Å²) in [5.41, 5.74) is 0.807. The van der Waals surface area contributed by atoms with E-state index >= 15 is 0 Å². The molecule has 0 radical (unpaired) electrons. The molecule has 0 aliphatic rings. The van der Waals surface area contributed by atoms with Crippen LogP contribution in [0.3, 0.4) is 0 Å². The molecule has 0 spiro atoms. The van der Waals surface area contributed by atoms with Crippen LogP contribution in [0.4, 0.5) is 26.3 Å². The summed E-state index contributed by atoms with van der Waals surface area (Å²) in [5, 5.41) is 2.46. The van der Waals surface area contributed by atoms with E-state index in [-0.39, 0.29) is 17.7 Å². The van der Waals surface area contributed by atoms with Crippen molar-refractivity contribution in [2.45, 2.75) is 19.3 Å². The number of aromatic nitrogens is 1. The summed E-state index contributed by atoms with van der Waals surface area (Å²) in [5.74, 6) is -1.54. The maximum Gasteiger partial charge on any atom is 0.573 e. The Labute approximate surface area is 177 Å². The summed E-state index contributed by atoms with van der Waals surface area (Å²) in [7, 11) is 0. The molecule has 32 heavy (non-hydrogen) atoms. The van der Waals surface area contributed by atoms with Crippen LogP contribution in [0, 0.1) is 0 Å².